The number of para-hydroxylation sites is 2. The van der Waals surface area contributed by atoms with Crippen molar-refractivity contribution in [3.05, 3.63) is 48.3 Å². The molecule has 2 aromatic rings. The Bertz CT molecular complexity index is 803. The molecule has 0 saturated carbocycles. The minimum Gasteiger partial charge on any atom is -0.495 e. The number of nitrogens with zero attached hydrogens (tertiary/aromatic N) is 4. The summed E-state index contributed by atoms with van der Waals surface area (Å²) in [4.78, 5) is 23.5. The number of nitrogens with one attached hydrogen (secondary N) is 1. The van der Waals surface area contributed by atoms with Crippen LogP contribution in [0.5, 0.6) is 5.75 Å². The lowest BCUT2D eigenvalue weighted by molar-refractivity contribution is 0.0746. The lowest BCUT2D eigenvalue weighted by Gasteiger charge is -2.36. The molecule has 1 aromatic carbocycles. The third kappa shape index (κ3) is 5.60. The van der Waals surface area contributed by atoms with E-state index in [1.165, 1.54) is 0 Å². The van der Waals surface area contributed by atoms with E-state index < -0.39 is 0 Å². The minimum atomic E-state index is 0.0362. The van der Waals surface area contributed by atoms with Crippen molar-refractivity contribution in [2.45, 2.75) is 6.42 Å². The van der Waals surface area contributed by atoms with Crippen molar-refractivity contribution >= 4 is 17.3 Å². The highest BCUT2D eigenvalue weighted by atomic mass is 16.5. The monoisotopic (exact) mass is 397 g/mol. The molecule has 0 radical (unpaired) electrons. The van der Waals surface area contributed by atoms with Gasteiger partial charge in [-0.15, -0.1) is 0 Å². The first-order chi connectivity index (χ1) is 14.1. The molecular formula is C22H31N5O2. The predicted molar refractivity (Wildman–Crippen MR) is 117 cm³/mol. The van der Waals surface area contributed by atoms with Gasteiger partial charge in [0.15, 0.2) is 0 Å². The zero-order chi connectivity index (χ0) is 20.6. The second-order valence-electron chi connectivity index (χ2n) is 7.50. The average molecular weight is 398 g/mol. The normalized spacial score (nSPS) is 14.2. The van der Waals surface area contributed by atoms with Gasteiger partial charge < -0.3 is 24.8 Å². The van der Waals surface area contributed by atoms with Crippen molar-refractivity contribution in [3.8, 4) is 5.75 Å². The zero-order valence-corrected chi connectivity index (χ0v) is 17.6. The average Bonchev–Trinajstić information content (AvgIpc) is 2.76. The van der Waals surface area contributed by atoms with Crippen LogP contribution in [0.15, 0.2) is 42.7 Å². The van der Waals surface area contributed by atoms with Crippen molar-refractivity contribution in [2.24, 2.45) is 0 Å². The third-order valence-electron chi connectivity index (χ3n) is 5.09. The van der Waals surface area contributed by atoms with E-state index >= 15 is 0 Å². The summed E-state index contributed by atoms with van der Waals surface area (Å²) in [5.74, 6) is 0.902. The van der Waals surface area contributed by atoms with Crippen molar-refractivity contribution in [2.75, 3.05) is 70.7 Å². The van der Waals surface area contributed by atoms with E-state index in [1.807, 2.05) is 29.2 Å². The number of anilines is 2. The molecule has 1 saturated heterocycles. The summed E-state index contributed by atoms with van der Waals surface area (Å²) < 4.78 is 5.47. The van der Waals surface area contributed by atoms with Gasteiger partial charge in [0.1, 0.15) is 5.75 Å². The molecule has 29 heavy (non-hydrogen) atoms. The molecule has 1 N–H and O–H groups in total. The quantitative estimate of drug-likeness (QED) is 0.691. The number of hydrogen-bond donors (Lipinski definition) is 1. The highest BCUT2D eigenvalue weighted by Crippen LogP contribution is 2.28. The molecule has 0 aliphatic carbocycles. The van der Waals surface area contributed by atoms with Gasteiger partial charge in [-0.05, 0) is 45.3 Å². The van der Waals surface area contributed by atoms with E-state index in [0.717, 1.165) is 49.7 Å². The number of amides is 1. The van der Waals surface area contributed by atoms with E-state index in [0.29, 0.717) is 18.7 Å². The second-order valence-corrected chi connectivity index (χ2v) is 7.50. The molecule has 1 fully saturated rings. The SMILES string of the molecule is COc1ccccc1N1CCN(C(=O)c2cncc(NCCCN(C)C)c2)CC1. The fraction of sp³-hybridized carbons (Fsp3) is 0.455. The van der Waals surface area contributed by atoms with Crippen LogP contribution < -0.4 is 15.0 Å². The Kier molecular flexibility index (Phi) is 7.30. The highest BCUT2D eigenvalue weighted by molar-refractivity contribution is 5.95. The summed E-state index contributed by atoms with van der Waals surface area (Å²) in [6.07, 6.45) is 4.46. The van der Waals surface area contributed by atoms with Crippen LogP contribution in [0.2, 0.25) is 0 Å². The van der Waals surface area contributed by atoms with Crippen molar-refractivity contribution < 1.29 is 9.53 Å². The van der Waals surface area contributed by atoms with E-state index in [9.17, 15) is 4.79 Å². The van der Waals surface area contributed by atoms with Crippen LogP contribution in [0.25, 0.3) is 0 Å². The fourth-order valence-corrected chi connectivity index (χ4v) is 3.51. The standard InChI is InChI=1S/C22H31N5O2/c1-25(2)10-6-9-24-19-15-18(16-23-17-19)22(28)27-13-11-26(12-14-27)20-7-4-5-8-21(20)29-3/h4-5,7-8,15-17,24H,6,9-14H2,1-3H3. The molecule has 156 valence electrons. The molecular weight excluding hydrogens is 366 g/mol. The fourth-order valence-electron chi connectivity index (χ4n) is 3.51. The van der Waals surface area contributed by atoms with Crippen LogP contribution in [-0.4, -0.2) is 81.2 Å². The van der Waals surface area contributed by atoms with Crippen molar-refractivity contribution in [1.29, 1.82) is 0 Å². The largest absolute Gasteiger partial charge is 0.495 e. The molecule has 1 aliphatic heterocycles. The Labute approximate surface area is 173 Å². The summed E-state index contributed by atoms with van der Waals surface area (Å²) in [5, 5.41) is 3.36. The maximum absolute atomic E-state index is 12.9. The van der Waals surface area contributed by atoms with Crippen LogP contribution in [0.4, 0.5) is 11.4 Å². The first-order valence-corrected chi connectivity index (χ1v) is 10.1. The van der Waals surface area contributed by atoms with Crippen LogP contribution in [-0.2, 0) is 0 Å². The van der Waals surface area contributed by atoms with Crippen LogP contribution in [0, 0.1) is 0 Å². The molecule has 1 aromatic heterocycles. The minimum absolute atomic E-state index is 0.0362. The number of aromatic nitrogens is 1. The highest BCUT2D eigenvalue weighted by Gasteiger charge is 2.24. The summed E-state index contributed by atoms with van der Waals surface area (Å²) in [6, 6.07) is 9.91. The summed E-state index contributed by atoms with van der Waals surface area (Å²) in [6.45, 7) is 4.80. The topological polar surface area (TPSA) is 60.9 Å². The number of ether oxygens (including phenoxy) is 1. The number of piperazine rings is 1. The van der Waals surface area contributed by atoms with Gasteiger partial charge in [0.2, 0.25) is 0 Å². The lowest BCUT2D eigenvalue weighted by atomic mass is 10.2. The Balaban J connectivity index is 1.56. The molecule has 7 nitrogen and oxygen atoms in total. The molecule has 0 bridgehead atoms. The summed E-state index contributed by atoms with van der Waals surface area (Å²) in [5.41, 5.74) is 2.60. The van der Waals surface area contributed by atoms with Gasteiger partial charge in [0, 0.05) is 45.1 Å². The molecule has 7 heteroatoms. The Morgan fingerprint density at radius 1 is 1.17 bits per heavy atom. The van der Waals surface area contributed by atoms with Crippen LogP contribution >= 0.6 is 0 Å². The van der Waals surface area contributed by atoms with E-state index in [-0.39, 0.29) is 5.91 Å². The first kappa shape index (κ1) is 20.9. The van der Waals surface area contributed by atoms with Crippen LogP contribution in [0.3, 0.4) is 0 Å². The van der Waals surface area contributed by atoms with E-state index in [2.05, 4.69) is 40.3 Å². The smallest absolute Gasteiger partial charge is 0.255 e. The number of pyridine rings is 1. The van der Waals surface area contributed by atoms with E-state index in [4.69, 9.17) is 4.74 Å². The Morgan fingerprint density at radius 2 is 1.93 bits per heavy atom. The van der Waals surface area contributed by atoms with Gasteiger partial charge in [-0.2, -0.15) is 0 Å². The van der Waals surface area contributed by atoms with Crippen LogP contribution in [0.1, 0.15) is 16.8 Å². The number of rotatable bonds is 8. The first-order valence-electron chi connectivity index (χ1n) is 10.1. The molecule has 3 rings (SSSR count). The third-order valence-corrected chi connectivity index (χ3v) is 5.09. The number of carbonyl (C=O) groups is 1. The number of hydrogen-bond acceptors (Lipinski definition) is 6. The number of methoxy groups -OCH3 is 1. The predicted octanol–water partition coefficient (Wildman–Crippen LogP) is 2.42. The molecule has 0 unspecified atom stereocenters. The molecule has 0 spiro atoms. The maximum atomic E-state index is 12.9. The second kappa shape index (κ2) is 10.1. The van der Waals surface area contributed by atoms with Gasteiger partial charge in [-0.3, -0.25) is 9.78 Å². The Hall–Kier alpha value is -2.80. The summed E-state index contributed by atoms with van der Waals surface area (Å²) in [7, 11) is 5.82. The Morgan fingerprint density at radius 3 is 2.66 bits per heavy atom. The lowest BCUT2D eigenvalue weighted by Crippen LogP contribution is -2.48. The van der Waals surface area contributed by atoms with Gasteiger partial charge in [0.05, 0.1) is 24.0 Å². The zero-order valence-electron chi connectivity index (χ0n) is 17.6. The van der Waals surface area contributed by atoms with Gasteiger partial charge in [-0.25, -0.2) is 0 Å². The van der Waals surface area contributed by atoms with E-state index in [1.54, 1.807) is 19.5 Å². The molecule has 1 amide bonds. The number of benzene rings is 1. The molecule has 2 heterocycles. The van der Waals surface area contributed by atoms with Crippen molar-refractivity contribution in [1.82, 2.24) is 14.8 Å². The molecule has 1 aliphatic rings. The maximum Gasteiger partial charge on any atom is 0.255 e. The van der Waals surface area contributed by atoms with Gasteiger partial charge in [-0.1, -0.05) is 12.1 Å². The van der Waals surface area contributed by atoms with Crippen molar-refractivity contribution in [3.63, 3.8) is 0 Å². The van der Waals surface area contributed by atoms with Gasteiger partial charge in [0.25, 0.3) is 5.91 Å². The van der Waals surface area contributed by atoms with Gasteiger partial charge >= 0.3 is 0 Å². The molecule has 0 atom stereocenters. The number of carbonyl (C=O) groups excluding carboxylic acids is 1. The summed E-state index contributed by atoms with van der Waals surface area (Å²) >= 11 is 0.